The van der Waals surface area contributed by atoms with Crippen LogP contribution < -0.4 is 5.32 Å². The van der Waals surface area contributed by atoms with Gasteiger partial charge in [0, 0.05) is 10.7 Å². The van der Waals surface area contributed by atoms with Crippen LogP contribution in [-0.4, -0.2) is 28.7 Å². The molecule has 5 aliphatic rings. The molecule has 6 rings (SSSR count). The number of nitrogens with zero attached hydrogens (tertiary/aromatic N) is 1. The van der Waals surface area contributed by atoms with Crippen LogP contribution in [0.5, 0.6) is 0 Å². The zero-order valence-electron chi connectivity index (χ0n) is 15.2. The Morgan fingerprint density at radius 1 is 1.15 bits per heavy atom. The SMILES string of the molecule is Cc1ccc(NC(=O)[C@H](C)N2C(=O)[C@@H]3[C@@H]4C=C[C@H]([C@H]5C[C@H]45)[C@@H]3C2=O)cc1Cl. The van der Waals surface area contributed by atoms with E-state index in [2.05, 4.69) is 17.5 Å². The van der Waals surface area contributed by atoms with Crippen molar-refractivity contribution in [2.24, 2.45) is 35.5 Å². The summed E-state index contributed by atoms with van der Waals surface area (Å²) in [5.74, 6) is 0.142. The molecule has 6 heteroatoms. The molecule has 3 amide bonds. The third kappa shape index (κ3) is 2.34. The highest BCUT2D eigenvalue weighted by Crippen LogP contribution is 2.65. The van der Waals surface area contributed by atoms with Gasteiger partial charge in [-0.3, -0.25) is 19.3 Å². The molecule has 0 aromatic heterocycles. The summed E-state index contributed by atoms with van der Waals surface area (Å²) >= 11 is 6.11. The number of amides is 3. The molecule has 2 saturated carbocycles. The quantitative estimate of drug-likeness (QED) is 0.643. The number of aryl methyl sites for hydroxylation is 1. The first-order valence-corrected chi connectivity index (χ1v) is 9.88. The van der Waals surface area contributed by atoms with Gasteiger partial charge in [0.25, 0.3) is 0 Å². The third-order valence-corrected chi connectivity index (χ3v) is 7.31. The predicted octanol–water partition coefficient (Wildman–Crippen LogP) is 3.03. The smallest absolute Gasteiger partial charge is 0.247 e. The standard InChI is InChI=1S/C21H21ClN2O3/c1-9-3-4-11(7-16(9)22)23-19(25)10(2)24-20(26)17-12-5-6-13(15-8-14(12)15)18(17)21(24)27/h3-7,10,12-15,17-18H,8H2,1-2H3,(H,23,25)/t10-,12+,13+,14+,15+,17-,18+/m0/s1. The third-order valence-electron chi connectivity index (χ3n) is 6.90. The molecular weight excluding hydrogens is 364 g/mol. The van der Waals surface area contributed by atoms with E-state index in [1.807, 2.05) is 13.0 Å². The van der Waals surface area contributed by atoms with Gasteiger partial charge < -0.3 is 5.32 Å². The monoisotopic (exact) mass is 384 g/mol. The number of likely N-dealkylation sites (tertiary alicyclic amines) is 1. The van der Waals surface area contributed by atoms with Crippen molar-refractivity contribution >= 4 is 35.0 Å². The Bertz CT molecular complexity index is 875. The number of hydrogen-bond acceptors (Lipinski definition) is 3. The molecule has 1 saturated heterocycles. The van der Waals surface area contributed by atoms with E-state index in [0.29, 0.717) is 22.5 Å². The number of nitrogens with one attached hydrogen (secondary N) is 1. The molecule has 0 unspecified atom stereocenters. The van der Waals surface area contributed by atoms with Crippen LogP contribution in [0.2, 0.25) is 5.02 Å². The zero-order chi connectivity index (χ0) is 19.0. The Morgan fingerprint density at radius 3 is 2.30 bits per heavy atom. The number of halogens is 1. The number of carbonyl (C=O) groups is 3. The van der Waals surface area contributed by atoms with Crippen LogP contribution in [0.1, 0.15) is 18.9 Å². The average molecular weight is 385 g/mol. The van der Waals surface area contributed by atoms with Gasteiger partial charge in [0.2, 0.25) is 17.7 Å². The van der Waals surface area contributed by atoms with Crippen molar-refractivity contribution < 1.29 is 14.4 Å². The summed E-state index contributed by atoms with van der Waals surface area (Å²) in [4.78, 5) is 40.1. The Morgan fingerprint density at radius 2 is 1.74 bits per heavy atom. The van der Waals surface area contributed by atoms with Gasteiger partial charge in [-0.15, -0.1) is 0 Å². The van der Waals surface area contributed by atoms with E-state index in [1.54, 1.807) is 19.1 Å². The van der Waals surface area contributed by atoms with E-state index in [1.165, 1.54) is 4.90 Å². The van der Waals surface area contributed by atoms with Crippen molar-refractivity contribution in [1.82, 2.24) is 4.90 Å². The van der Waals surface area contributed by atoms with Gasteiger partial charge in [-0.1, -0.05) is 29.8 Å². The minimum Gasteiger partial charge on any atom is -0.324 e. The predicted molar refractivity (Wildman–Crippen MR) is 101 cm³/mol. The van der Waals surface area contributed by atoms with Crippen molar-refractivity contribution in [3.8, 4) is 0 Å². The Labute approximate surface area is 162 Å². The molecule has 1 N–H and O–H groups in total. The number of hydrogen-bond donors (Lipinski definition) is 1. The highest BCUT2D eigenvalue weighted by molar-refractivity contribution is 6.31. The van der Waals surface area contributed by atoms with Crippen molar-refractivity contribution in [3.05, 3.63) is 40.9 Å². The van der Waals surface area contributed by atoms with Gasteiger partial charge in [0.05, 0.1) is 11.8 Å². The lowest BCUT2D eigenvalue weighted by molar-refractivity contribution is -0.146. The maximum Gasteiger partial charge on any atom is 0.247 e. The van der Waals surface area contributed by atoms with Gasteiger partial charge in [-0.2, -0.15) is 0 Å². The lowest BCUT2D eigenvalue weighted by Gasteiger charge is -2.37. The molecule has 7 atom stereocenters. The first-order chi connectivity index (χ1) is 12.9. The average Bonchev–Trinajstić information content (AvgIpc) is 3.42. The van der Waals surface area contributed by atoms with Gasteiger partial charge in [-0.25, -0.2) is 0 Å². The fourth-order valence-electron chi connectivity index (χ4n) is 5.40. The fraction of sp³-hybridized carbons (Fsp3) is 0.476. The molecule has 0 radical (unpaired) electrons. The zero-order valence-corrected chi connectivity index (χ0v) is 15.9. The summed E-state index contributed by atoms with van der Waals surface area (Å²) in [5.41, 5.74) is 1.47. The molecule has 4 aliphatic carbocycles. The molecule has 1 aliphatic heterocycles. The first kappa shape index (κ1) is 17.0. The summed E-state index contributed by atoms with van der Waals surface area (Å²) in [6.07, 6.45) is 5.39. The fourth-order valence-corrected chi connectivity index (χ4v) is 5.58. The van der Waals surface area contributed by atoms with Crippen molar-refractivity contribution in [2.75, 3.05) is 5.32 Å². The number of anilines is 1. The molecule has 1 heterocycles. The summed E-state index contributed by atoms with van der Waals surface area (Å²) in [5, 5.41) is 3.34. The normalized spacial score (nSPS) is 36.5. The Balaban J connectivity index is 1.37. The lowest BCUT2D eigenvalue weighted by atomic mass is 9.63. The van der Waals surface area contributed by atoms with Crippen LogP contribution in [0.15, 0.2) is 30.4 Å². The van der Waals surface area contributed by atoms with E-state index in [0.717, 1.165) is 12.0 Å². The summed E-state index contributed by atoms with van der Waals surface area (Å²) in [6, 6.07) is 4.41. The van der Waals surface area contributed by atoms with Crippen LogP contribution in [0.25, 0.3) is 0 Å². The van der Waals surface area contributed by atoms with Gasteiger partial charge in [-0.05, 0) is 61.6 Å². The second-order valence-electron chi connectivity index (χ2n) is 8.33. The summed E-state index contributed by atoms with van der Waals surface area (Å²) < 4.78 is 0. The molecule has 5 nitrogen and oxygen atoms in total. The second kappa shape index (κ2) is 5.68. The number of carbonyl (C=O) groups excluding carboxylic acids is 3. The lowest BCUT2D eigenvalue weighted by Crippen LogP contribution is -2.46. The minimum absolute atomic E-state index is 0.164. The molecule has 1 aromatic carbocycles. The van der Waals surface area contributed by atoms with Crippen molar-refractivity contribution in [1.29, 1.82) is 0 Å². The van der Waals surface area contributed by atoms with Crippen LogP contribution in [-0.2, 0) is 14.4 Å². The van der Waals surface area contributed by atoms with Crippen LogP contribution in [0.4, 0.5) is 5.69 Å². The van der Waals surface area contributed by atoms with Crippen molar-refractivity contribution in [2.45, 2.75) is 26.3 Å². The maximum absolute atomic E-state index is 13.1. The second-order valence-corrected chi connectivity index (χ2v) is 8.74. The van der Waals surface area contributed by atoms with E-state index < -0.39 is 6.04 Å². The van der Waals surface area contributed by atoms with E-state index in [4.69, 9.17) is 11.6 Å². The van der Waals surface area contributed by atoms with Crippen LogP contribution >= 0.6 is 11.6 Å². The molecule has 2 bridgehead atoms. The molecule has 0 spiro atoms. The van der Waals surface area contributed by atoms with E-state index in [9.17, 15) is 14.4 Å². The molecule has 140 valence electrons. The minimum atomic E-state index is -0.841. The van der Waals surface area contributed by atoms with Gasteiger partial charge in [0.15, 0.2) is 0 Å². The largest absolute Gasteiger partial charge is 0.324 e. The number of benzene rings is 1. The first-order valence-electron chi connectivity index (χ1n) is 9.50. The molecule has 27 heavy (non-hydrogen) atoms. The topological polar surface area (TPSA) is 66.5 Å². The maximum atomic E-state index is 13.1. The van der Waals surface area contributed by atoms with Crippen LogP contribution in [0, 0.1) is 42.4 Å². The Hall–Kier alpha value is -2.14. The molecular formula is C21H21ClN2O3. The van der Waals surface area contributed by atoms with Crippen molar-refractivity contribution in [3.63, 3.8) is 0 Å². The van der Waals surface area contributed by atoms with Crippen LogP contribution in [0.3, 0.4) is 0 Å². The number of allylic oxidation sites excluding steroid dienone is 2. The number of rotatable bonds is 3. The van der Waals surface area contributed by atoms with Gasteiger partial charge in [0.1, 0.15) is 6.04 Å². The molecule has 3 fully saturated rings. The number of imide groups is 1. The highest BCUT2D eigenvalue weighted by atomic mass is 35.5. The molecule has 1 aromatic rings. The van der Waals surface area contributed by atoms with E-state index >= 15 is 0 Å². The summed E-state index contributed by atoms with van der Waals surface area (Å²) in [7, 11) is 0. The Kier molecular flexibility index (Phi) is 3.57. The highest BCUT2D eigenvalue weighted by Gasteiger charge is 2.67. The summed E-state index contributed by atoms with van der Waals surface area (Å²) in [6.45, 7) is 3.50. The van der Waals surface area contributed by atoms with E-state index in [-0.39, 0.29) is 41.4 Å². The van der Waals surface area contributed by atoms with Gasteiger partial charge >= 0.3 is 0 Å².